The van der Waals surface area contributed by atoms with Crippen molar-refractivity contribution >= 4 is 17.6 Å². The summed E-state index contributed by atoms with van der Waals surface area (Å²) in [6, 6.07) is 3.58. The van der Waals surface area contributed by atoms with Crippen molar-refractivity contribution in [2.75, 3.05) is 71.9 Å². The Balaban J connectivity index is 1.43. The van der Waals surface area contributed by atoms with Gasteiger partial charge in [-0.05, 0) is 37.9 Å². The zero-order valence-electron chi connectivity index (χ0n) is 18.8. The second-order valence-corrected chi connectivity index (χ2v) is 8.32. The van der Waals surface area contributed by atoms with Crippen molar-refractivity contribution in [2.24, 2.45) is 4.99 Å². The molecule has 0 spiro atoms. The van der Waals surface area contributed by atoms with Gasteiger partial charge in [0.25, 0.3) is 0 Å². The summed E-state index contributed by atoms with van der Waals surface area (Å²) < 4.78 is 27.5. The van der Waals surface area contributed by atoms with Crippen LogP contribution in [0.15, 0.2) is 23.2 Å². The number of amides is 1. The number of rotatable bonds is 6. The lowest BCUT2D eigenvalue weighted by molar-refractivity contribution is -0.133. The molecular weight excluding hydrogens is 402 g/mol. The van der Waals surface area contributed by atoms with Gasteiger partial charge in [0.1, 0.15) is 11.6 Å². The molecule has 2 aliphatic rings. The number of nitrogens with one attached hydrogen (secondary N) is 1. The summed E-state index contributed by atoms with van der Waals surface area (Å²) in [7, 11) is 5.38. The number of hydrogen-bond acceptors (Lipinski definition) is 4. The number of hydrogen-bond donors (Lipinski definition) is 1. The molecule has 1 N–H and O–H groups in total. The standard InChI is InChI=1S/C22H34F2N6O/c1-25-22(26-9-5-11-28-10-4-6-19(28)21(31)27(2)3)30-14-12-29(13-15-30)20-16-17(23)7-8-18(20)24/h7-8,16,19H,4-6,9-15H2,1-3H3,(H,25,26). The van der Waals surface area contributed by atoms with E-state index in [1.54, 1.807) is 11.9 Å². The number of halogens is 2. The van der Waals surface area contributed by atoms with Gasteiger partial charge in [0, 0.05) is 66.5 Å². The molecule has 9 heteroatoms. The van der Waals surface area contributed by atoms with E-state index >= 15 is 0 Å². The number of likely N-dealkylation sites (N-methyl/N-ethyl adjacent to an activating group) is 1. The summed E-state index contributed by atoms with van der Waals surface area (Å²) in [6.45, 7) is 5.18. The fourth-order valence-electron chi connectivity index (χ4n) is 4.37. The van der Waals surface area contributed by atoms with Crippen LogP contribution in [0.1, 0.15) is 19.3 Å². The second kappa shape index (κ2) is 10.7. The third kappa shape index (κ3) is 5.84. The lowest BCUT2D eigenvalue weighted by atomic mass is 10.2. The molecule has 172 valence electrons. The topological polar surface area (TPSA) is 54.4 Å². The molecule has 1 aromatic carbocycles. The molecule has 0 radical (unpaired) electrons. The molecule has 0 aromatic heterocycles. The number of piperazine rings is 1. The summed E-state index contributed by atoms with van der Waals surface area (Å²) in [6.07, 6.45) is 2.92. The van der Waals surface area contributed by atoms with E-state index < -0.39 is 11.6 Å². The maximum absolute atomic E-state index is 14.0. The van der Waals surface area contributed by atoms with Crippen molar-refractivity contribution < 1.29 is 13.6 Å². The number of nitrogens with zero attached hydrogens (tertiary/aromatic N) is 5. The number of guanidine groups is 1. The van der Waals surface area contributed by atoms with Gasteiger partial charge in [-0.2, -0.15) is 0 Å². The van der Waals surface area contributed by atoms with E-state index in [-0.39, 0.29) is 11.9 Å². The molecule has 0 bridgehead atoms. The Morgan fingerprint density at radius 3 is 2.61 bits per heavy atom. The van der Waals surface area contributed by atoms with Crippen LogP contribution in [-0.2, 0) is 4.79 Å². The van der Waals surface area contributed by atoms with E-state index in [1.165, 1.54) is 12.1 Å². The van der Waals surface area contributed by atoms with Gasteiger partial charge in [-0.3, -0.25) is 14.7 Å². The minimum atomic E-state index is -0.427. The summed E-state index contributed by atoms with van der Waals surface area (Å²) in [5, 5.41) is 3.41. The van der Waals surface area contributed by atoms with Crippen molar-refractivity contribution in [2.45, 2.75) is 25.3 Å². The second-order valence-electron chi connectivity index (χ2n) is 8.32. The van der Waals surface area contributed by atoms with Gasteiger partial charge in [-0.15, -0.1) is 0 Å². The molecule has 0 saturated carbocycles. The van der Waals surface area contributed by atoms with Gasteiger partial charge in [0.15, 0.2) is 5.96 Å². The predicted molar refractivity (Wildman–Crippen MR) is 119 cm³/mol. The Labute approximate surface area is 183 Å². The van der Waals surface area contributed by atoms with Crippen LogP contribution in [0.4, 0.5) is 14.5 Å². The first kappa shape index (κ1) is 23.2. The maximum atomic E-state index is 14.0. The highest BCUT2D eigenvalue weighted by atomic mass is 19.1. The molecule has 1 atom stereocenters. The van der Waals surface area contributed by atoms with Crippen LogP contribution in [-0.4, -0.2) is 99.6 Å². The Bertz CT molecular complexity index is 779. The lowest BCUT2D eigenvalue weighted by Gasteiger charge is -2.37. The molecule has 1 amide bonds. The van der Waals surface area contributed by atoms with Crippen LogP contribution in [0.5, 0.6) is 0 Å². The number of benzene rings is 1. The molecule has 2 fully saturated rings. The van der Waals surface area contributed by atoms with E-state index in [0.717, 1.165) is 50.9 Å². The van der Waals surface area contributed by atoms with Crippen LogP contribution in [0.25, 0.3) is 0 Å². The molecule has 2 heterocycles. The first-order chi connectivity index (χ1) is 14.9. The Kier molecular flexibility index (Phi) is 8.06. The highest BCUT2D eigenvalue weighted by molar-refractivity contribution is 5.81. The minimum Gasteiger partial charge on any atom is -0.366 e. The highest BCUT2D eigenvalue weighted by Crippen LogP contribution is 2.22. The van der Waals surface area contributed by atoms with E-state index in [9.17, 15) is 13.6 Å². The molecule has 7 nitrogen and oxygen atoms in total. The normalized spacial score (nSPS) is 20.3. The Hall–Kier alpha value is -2.42. The van der Waals surface area contributed by atoms with E-state index in [4.69, 9.17) is 0 Å². The number of carbonyl (C=O) groups excluding carboxylic acids is 1. The SMILES string of the molecule is CN=C(NCCCN1CCCC1C(=O)N(C)C)N1CCN(c2cc(F)ccc2F)CC1. The van der Waals surface area contributed by atoms with Crippen LogP contribution >= 0.6 is 0 Å². The maximum Gasteiger partial charge on any atom is 0.239 e. The van der Waals surface area contributed by atoms with Crippen molar-refractivity contribution in [3.05, 3.63) is 29.8 Å². The third-order valence-electron chi connectivity index (χ3n) is 6.03. The zero-order valence-corrected chi connectivity index (χ0v) is 18.8. The quantitative estimate of drug-likeness (QED) is 0.417. The van der Waals surface area contributed by atoms with E-state index in [1.807, 2.05) is 19.0 Å². The van der Waals surface area contributed by atoms with Crippen molar-refractivity contribution in [3.63, 3.8) is 0 Å². The first-order valence-electron chi connectivity index (χ1n) is 11.0. The molecule has 0 aliphatic carbocycles. The summed E-state index contributed by atoms with van der Waals surface area (Å²) in [5.74, 6) is 0.185. The summed E-state index contributed by atoms with van der Waals surface area (Å²) in [4.78, 5) is 24.7. The Morgan fingerprint density at radius 2 is 1.94 bits per heavy atom. The number of carbonyl (C=O) groups is 1. The molecule has 31 heavy (non-hydrogen) atoms. The number of aliphatic imine (C=N–C) groups is 1. The fourth-order valence-corrected chi connectivity index (χ4v) is 4.37. The average molecular weight is 437 g/mol. The largest absolute Gasteiger partial charge is 0.366 e. The minimum absolute atomic E-state index is 0.00519. The smallest absolute Gasteiger partial charge is 0.239 e. The highest BCUT2D eigenvalue weighted by Gasteiger charge is 2.31. The summed E-state index contributed by atoms with van der Waals surface area (Å²) >= 11 is 0. The zero-order chi connectivity index (χ0) is 22.4. The van der Waals surface area contributed by atoms with Gasteiger partial charge >= 0.3 is 0 Å². The summed E-state index contributed by atoms with van der Waals surface area (Å²) in [5.41, 5.74) is 0.315. The van der Waals surface area contributed by atoms with Gasteiger partial charge < -0.3 is 20.0 Å². The predicted octanol–water partition coefficient (Wildman–Crippen LogP) is 1.60. The third-order valence-corrected chi connectivity index (χ3v) is 6.03. The van der Waals surface area contributed by atoms with E-state index in [2.05, 4.69) is 20.1 Å². The van der Waals surface area contributed by atoms with Crippen molar-refractivity contribution in [3.8, 4) is 0 Å². The lowest BCUT2D eigenvalue weighted by Crippen LogP contribution is -2.53. The Morgan fingerprint density at radius 1 is 1.19 bits per heavy atom. The number of likely N-dealkylation sites (tertiary alicyclic amines) is 1. The molecule has 3 rings (SSSR count). The van der Waals surface area contributed by atoms with Gasteiger partial charge in [0.05, 0.1) is 11.7 Å². The fraction of sp³-hybridized carbons (Fsp3) is 0.636. The first-order valence-corrected chi connectivity index (χ1v) is 11.0. The molecule has 1 unspecified atom stereocenters. The molecule has 2 saturated heterocycles. The van der Waals surface area contributed by atoms with Crippen LogP contribution in [0, 0.1) is 11.6 Å². The van der Waals surface area contributed by atoms with Gasteiger partial charge in [0.2, 0.25) is 5.91 Å². The average Bonchev–Trinajstić information content (AvgIpc) is 3.23. The number of anilines is 1. The van der Waals surface area contributed by atoms with Gasteiger partial charge in [-0.1, -0.05) is 0 Å². The van der Waals surface area contributed by atoms with Crippen molar-refractivity contribution in [1.82, 2.24) is 20.0 Å². The van der Waals surface area contributed by atoms with Crippen LogP contribution in [0.3, 0.4) is 0 Å². The molecular formula is C22H34F2N6O. The van der Waals surface area contributed by atoms with Gasteiger partial charge in [-0.25, -0.2) is 8.78 Å². The van der Waals surface area contributed by atoms with Crippen LogP contribution in [0.2, 0.25) is 0 Å². The monoisotopic (exact) mass is 436 g/mol. The van der Waals surface area contributed by atoms with Crippen LogP contribution < -0.4 is 10.2 Å². The van der Waals surface area contributed by atoms with E-state index in [0.29, 0.717) is 31.9 Å². The molecule has 2 aliphatic heterocycles. The molecule has 1 aromatic rings. The van der Waals surface area contributed by atoms with Crippen molar-refractivity contribution in [1.29, 1.82) is 0 Å².